The van der Waals surface area contributed by atoms with Crippen molar-refractivity contribution in [3.05, 3.63) is 35.4 Å². The molecule has 19 heavy (non-hydrogen) atoms. The van der Waals surface area contributed by atoms with Crippen LogP contribution in [0.3, 0.4) is 0 Å². The van der Waals surface area contributed by atoms with E-state index in [9.17, 15) is 8.42 Å². The molecule has 2 unspecified atom stereocenters. The van der Waals surface area contributed by atoms with E-state index in [-0.39, 0.29) is 11.0 Å². The van der Waals surface area contributed by atoms with Crippen molar-refractivity contribution in [3.63, 3.8) is 0 Å². The molecule has 2 atom stereocenters. The van der Waals surface area contributed by atoms with E-state index in [0.29, 0.717) is 12.5 Å². The van der Waals surface area contributed by atoms with Crippen molar-refractivity contribution >= 4 is 9.84 Å². The van der Waals surface area contributed by atoms with Gasteiger partial charge in [0.15, 0.2) is 9.84 Å². The normalized spacial score (nSPS) is 24.3. The fourth-order valence-electron chi connectivity index (χ4n) is 2.94. The lowest BCUT2D eigenvalue weighted by Gasteiger charge is -2.26. The van der Waals surface area contributed by atoms with Gasteiger partial charge < -0.3 is 5.73 Å². The highest BCUT2D eigenvalue weighted by atomic mass is 32.2. The Labute approximate surface area is 116 Å². The molecule has 3 nitrogen and oxygen atoms in total. The minimum atomic E-state index is -3.06. The number of rotatable bonds is 4. The van der Waals surface area contributed by atoms with E-state index in [2.05, 4.69) is 6.92 Å². The van der Waals surface area contributed by atoms with Crippen LogP contribution in [0.1, 0.15) is 43.7 Å². The summed E-state index contributed by atoms with van der Waals surface area (Å²) in [6.45, 7) is 2.54. The zero-order chi connectivity index (χ0) is 13.9. The summed E-state index contributed by atoms with van der Waals surface area (Å²) >= 11 is 0. The summed E-state index contributed by atoms with van der Waals surface area (Å²) in [6, 6.07) is 7.58. The SMILES string of the molecule is CC1CCCC(S(=O)(=O)Cc2ccccc2CN)C1. The molecule has 0 amide bonds. The zero-order valence-electron chi connectivity index (χ0n) is 11.5. The summed E-state index contributed by atoms with van der Waals surface area (Å²) in [6.07, 6.45) is 3.82. The van der Waals surface area contributed by atoms with E-state index in [0.717, 1.165) is 36.8 Å². The zero-order valence-corrected chi connectivity index (χ0v) is 12.3. The van der Waals surface area contributed by atoms with Crippen LogP contribution in [0.4, 0.5) is 0 Å². The van der Waals surface area contributed by atoms with Gasteiger partial charge in [0.25, 0.3) is 0 Å². The second kappa shape index (κ2) is 6.06. The summed E-state index contributed by atoms with van der Waals surface area (Å²) < 4.78 is 25.1. The summed E-state index contributed by atoms with van der Waals surface area (Å²) in [4.78, 5) is 0. The van der Waals surface area contributed by atoms with Crippen molar-refractivity contribution < 1.29 is 8.42 Å². The van der Waals surface area contributed by atoms with Crippen molar-refractivity contribution in [1.82, 2.24) is 0 Å². The standard InChI is InChI=1S/C15H23NO2S/c1-12-5-4-8-15(9-12)19(17,18)11-14-7-3-2-6-13(14)10-16/h2-3,6-7,12,15H,4-5,8-11,16H2,1H3. The summed E-state index contributed by atoms with van der Waals surface area (Å²) in [5.74, 6) is 0.663. The molecule has 0 aromatic heterocycles. The Balaban J connectivity index is 2.16. The first-order chi connectivity index (χ1) is 9.03. The Morgan fingerprint density at radius 3 is 2.53 bits per heavy atom. The van der Waals surface area contributed by atoms with E-state index in [1.807, 2.05) is 24.3 Å². The molecule has 1 aliphatic carbocycles. The van der Waals surface area contributed by atoms with Crippen molar-refractivity contribution in [2.24, 2.45) is 11.7 Å². The molecule has 1 aromatic rings. The van der Waals surface area contributed by atoms with Gasteiger partial charge in [-0.3, -0.25) is 0 Å². The number of hydrogen-bond donors (Lipinski definition) is 1. The monoisotopic (exact) mass is 281 g/mol. The molecule has 2 N–H and O–H groups in total. The smallest absolute Gasteiger partial charge is 0.157 e. The van der Waals surface area contributed by atoms with E-state index in [1.165, 1.54) is 0 Å². The van der Waals surface area contributed by atoms with E-state index in [1.54, 1.807) is 0 Å². The van der Waals surface area contributed by atoms with Gasteiger partial charge in [0.05, 0.1) is 11.0 Å². The van der Waals surface area contributed by atoms with Gasteiger partial charge >= 0.3 is 0 Å². The molecule has 0 aliphatic heterocycles. The maximum atomic E-state index is 12.5. The van der Waals surface area contributed by atoms with Gasteiger partial charge in [0.2, 0.25) is 0 Å². The fourth-order valence-corrected chi connectivity index (χ4v) is 5.04. The molecule has 0 heterocycles. The molecular weight excluding hydrogens is 258 g/mol. The Bertz CT molecular complexity index is 525. The van der Waals surface area contributed by atoms with Crippen molar-refractivity contribution in [1.29, 1.82) is 0 Å². The summed E-state index contributed by atoms with van der Waals surface area (Å²) in [5, 5.41) is -0.165. The lowest BCUT2D eigenvalue weighted by molar-refractivity contribution is 0.382. The molecule has 0 bridgehead atoms. The lowest BCUT2D eigenvalue weighted by atomic mass is 9.91. The molecule has 1 aromatic carbocycles. The quantitative estimate of drug-likeness (QED) is 0.923. The Kier molecular flexibility index (Phi) is 4.63. The Hall–Kier alpha value is -0.870. The number of sulfone groups is 1. The first-order valence-corrected chi connectivity index (χ1v) is 8.73. The van der Waals surface area contributed by atoms with E-state index < -0.39 is 9.84 Å². The van der Waals surface area contributed by atoms with Crippen LogP contribution in [0.15, 0.2) is 24.3 Å². The van der Waals surface area contributed by atoms with Gasteiger partial charge in [0.1, 0.15) is 0 Å². The molecule has 1 aliphatic rings. The average molecular weight is 281 g/mol. The van der Waals surface area contributed by atoms with Gasteiger partial charge in [0, 0.05) is 6.54 Å². The lowest BCUT2D eigenvalue weighted by Crippen LogP contribution is -2.28. The third-order valence-electron chi connectivity index (χ3n) is 4.09. The van der Waals surface area contributed by atoms with Crippen LogP contribution in [0.2, 0.25) is 0 Å². The molecule has 1 fully saturated rings. The van der Waals surface area contributed by atoms with Crippen LogP contribution in [0, 0.1) is 5.92 Å². The van der Waals surface area contributed by atoms with Crippen molar-refractivity contribution in [2.75, 3.05) is 0 Å². The number of nitrogens with two attached hydrogens (primary N) is 1. The fraction of sp³-hybridized carbons (Fsp3) is 0.600. The maximum absolute atomic E-state index is 12.5. The highest BCUT2D eigenvalue weighted by Crippen LogP contribution is 2.30. The minimum absolute atomic E-state index is 0.137. The molecule has 0 radical (unpaired) electrons. The minimum Gasteiger partial charge on any atom is -0.326 e. The topological polar surface area (TPSA) is 60.2 Å². The van der Waals surface area contributed by atoms with Gasteiger partial charge in [-0.05, 0) is 29.9 Å². The predicted octanol–water partition coefficient (Wildman–Crippen LogP) is 2.64. The van der Waals surface area contributed by atoms with Crippen molar-refractivity contribution in [3.8, 4) is 0 Å². The molecule has 1 saturated carbocycles. The van der Waals surface area contributed by atoms with Crippen LogP contribution in [-0.2, 0) is 22.1 Å². The van der Waals surface area contributed by atoms with Gasteiger partial charge in [-0.1, -0.05) is 44.0 Å². The molecule has 2 rings (SSSR count). The molecular formula is C15H23NO2S. The summed E-state index contributed by atoms with van der Waals surface area (Å²) in [7, 11) is -3.06. The third kappa shape index (κ3) is 3.57. The van der Waals surface area contributed by atoms with E-state index >= 15 is 0 Å². The van der Waals surface area contributed by atoms with E-state index in [4.69, 9.17) is 5.73 Å². The predicted molar refractivity (Wildman–Crippen MR) is 78.4 cm³/mol. The van der Waals surface area contributed by atoms with Crippen LogP contribution >= 0.6 is 0 Å². The summed E-state index contributed by atoms with van der Waals surface area (Å²) in [5.41, 5.74) is 7.48. The second-order valence-electron chi connectivity index (χ2n) is 5.67. The molecule has 4 heteroatoms. The molecule has 106 valence electrons. The highest BCUT2D eigenvalue weighted by molar-refractivity contribution is 7.91. The van der Waals surface area contributed by atoms with Gasteiger partial charge in [-0.25, -0.2) is 8.42 Å². The largest absolute Gasteiger partial charge is 0.326 e. The van der Waals surface area contributed by atoms with Crippen LogP contribution < -0.4 is 5.73 Å². The van der Waals surface area contributed by atoms with Gasteiger partial charge in [-0.2, -0.15) is 0 Å². The third-order valence-corrected chi connectivity index (χ3v) is 6.25. The number of hydrogen-bond acceptors (Lipinski definition) is 3. The first kappa shape index (κ1) is 14.5. The maximum Gasteiger partial charge on any atom is 0.157 e. The Morgan fingerprint density at radius 1 is 1.21 bits per heavy atom. The van der Waals surface area contributed by atoms with Crippen molar-refractivity contribution in [2.45, 2.75) is 50.2 Å². The van der Waals surface area contributed by atoms with Crippen LogP contribution in [0.25, 0.3) is 0 Å². The first-order valence-electron chi connectivity index (χ1n) is 7.01. The van der Waals surface area contributed by atoms with Crippen LogP contribution in [-0.4, -0.2) is 13.7 Å². The second-order valence-corrected chi connectivity index (χ2v) is 7.95. The van der Waals surface area contributed by atoms with Crippen LogP contribution in [0.5, 0.6) is 0 Å². The molecule has 0 saturated heterocycles. The number of benzene rings is 1. The molecule has 0 spiro atoms. The van der Waals surface area contributed by atoms with Gasteiger partial charge in [-0.15, -0.1) is 0 Å². The Morgan fingerprint density at radius 2 is 1.89 bits per heavy atom. The average Bonchev–Trinajstić information content (AvgIpc) is 2.39. The highest BCUT2D eigenvalue weighted by Gasteiger charge is 2.30.